The number of primary amides is 1. The van der Waals surface area contributed by atoms with Crippen LogP contribution in [0, 0.1) is 0 Å². The van der Waals surface area contributed by atoms with Crippen LogP contribution in [0.3, 0.4) is 0 Å². The molecule has 0 spiro atoms. The van der Waals surface area contributed by atoms with E-state index in [2.05, 4.69) is 4.99 Å². The number of carbonyl (C=O) groups excluding carboxylic acids is 2. The van der Waals surface area contributed by atoms with E-state index in [4.69, 9.17) is 16.2 Å². The van der Waals surface area contributed by atoms with E-state index in [1.54, 1.807) is 9.80 Å². The van der Waals surface area contributed by atoms with Gasteiger partial charge in [0.05, 0.1) is 18.8 Å². The van der Waals surface area contributed by atoms with Crippen molar-refractivity contribution in [2.75, 3.05) is 20.2 Å². The van der Waals surface area contributed by atoms with E-state index < -0.39 is 5.91 Å². The fraction of sp³-hybridized carbons (Fsp3) is 0.318. The molecule has 30 heavy (non-hydrogen) atoms. The van der Waals surface area contributed by atoms with E-state index in [9.17, 15) is 9.59 Å². The average Bonchev–Trinajstić information content (AvgIpc) is 2.72. The lowest BCUT2D eigenvalue weighted by atomic mass is 10.1. The summed E-state index contributed by atoms with van der Waals surface area (Å²) in [6.07, 6.45) is 1.04. The van der Waals surface area contributed by atoms with Gasteiger partial charge in [-0.05, 0) is 30.2 Å². The van der Waals surface area contributed by atoms with Crippen molar-refractivity contribution in [1.29, 1.82) is 0 Å². The highest BCUT2D eigenvalue weighted by atomic mass is 16.5. The molecule has 2 amide bonds. The van der Waals surface area contributed by atoms with Crippen molar-refractivity contribution in [3.05, 3.63) is 59.7 Å². The van der Waals surface area contributed by atoms with E-state index in [0.29, 0.717) is 38.3 Å². The molecule has 0 aromatic heterocycles. The van der Waals surface area contributed by atoms with Gasteiger partial charge in [-0.3, -0.25) is 9.59 Å². The number of benzene rings is 2. The lowest BCUT2D eigenvalue weighted by Crippen LogP contribution is -2.43. The lowest BCUT2D eigenvalue weighted by Gasteiger charge is -2.27. The fourth-order valence-corrected chi connectivity index (χ4v) is 3.24. The Morgan fingerprint density at radius 3 is 2.70 bits per heavy atom. The monoisotopic (exact) mass is 409 g/mol. The van der Waals surface area contributed by atoms with Gasteiger partial charge in [-0.1, -0.05) is 30.3 Å². The molecule has 4 N–H and O–H groups in total. The van der Waals surface area contributed by atoms with Gasteiger partial charge in [0.25, 0.3) is 0 Å². The molecule has 0 fully saturated rings. The fourth-order valence-electron chi connectivity index (χ4n) is 3.24. The third kappa shape index (κ3) is 5.73. The third-order valence-electron chi connectivity index (χ3n) is 4.81. The van der Waals surface area contributed by atoms with E-state index in [1.165, 1.54) is 0 Å². The number of ether oxygens (including phenoxy) is 1. The molecule has 0 atom stereocenters. The van der Waals surface area contributed by atoms with Crippen molar-refractivity contribution >= 4 is 23.5 Å². The summed E-state index contributed by atoms with van der Waals surface area (Å²) in [5.41, 5.74) is 13.9. The van der Waals surface area contributed by atoms with Gasteiger partial charge in [-0.15, -0.1) is 0 Å². The number of nitrogens with zero attached hydrogens (tertiary/aromatic N) is 3. The highest BCUT2D eigenvalue weighted by Gasteiger charge is 2.19. The molecule has 8 heteroatoms. The highest BCUT2D eigenvalue weighted by Crippen LogP contribution is 2.29. The van der Waals surface area contributed by atoms with Crippen LogP contribution in [0.15, 0.2) is 53.5 Å². The molecule has 0 unspecified atom stereocenters. The van der Waals surface area contributed by atoms with Gasteiger partial charge in [0.1, 0.15) is 5.75 Å². The predicted molar refractivity (Wildman–Crippen MR) is 115 cm³/mol. The number of nitrogens with two attached hydrogens (primary N) is 2. The molecule has 1 aliphatic heterocycles. The molecular weight excluding hydrogens is 382 g/mol. The first kappa shape index (κ1) is 21.2. The van der Waals surface area contributed by atoms with Gasteiger partial charge in [0.15, 0.2) is 5.96 Å². The van der Waals surface area contributed by atoms with Crippen LogP contribution in [0.2, 0.25) is 0 Å². The molecule has 0 saturated carbocycles. The second-order valence-electron chi connectivity index (χ2n) is 7.27. The van der Waals surface area contributed by atoms with Crippen LogP contribution in [0.1, 0.15) is 24.0 Å². The first-order valence-corrected chi connectivity index (χ1v) is 9.83. The average molecular weight is 409 g/mol. The Hall–Kier alpha value is -3.55. The maximum Gasteiger partial charge on any atom is 0.237 e. The first-order valence-electron chi connectivity index (χ1n) is 9.83. The molecule has 3 rings (SSSR count). The molecule has 0 aliphatic carbocycles. The number of rotatable bonds is 9. The molecule has 1 aliphatic rings. The normalized spacial score (nSPS) is 12.7. The second-order valence-corrected chi connectivity index (χ2v) is 7.27. The second kappa shape index (κ2) is 9.78. The number of guanidine groups is 1. The van der Waals surface area contributed by atoms with Crippen LogP contribution in [-0.2, 0) is 22.7 Å². The summed E-state index contributed by atoms with van der Waals surface area (Å²) in [5, 5.41) is 0. The van der Waals surface area contributed by atoms with Crippen molar-refractivity contribution in [3.8, 4) is 5.75 Å². The largest absolute Gasteiger partial charge is 0.494 e. The van der Waals surface area contributed by atoms with Crippen molar-refractivity contribution in [2.24, 2.45) is 16.5 Å². The minimum Gasteiger partial charge on any atom is -0.494 e. The van der Waals surface area contributed by atoms with Crippen LogP contribution in [0.25, 0.3) is 0 Å². The van der Waals surface area contributed by atoms with Crippen LogP contribution in [0.4, 0.5) is 5.69 Å². The zero-order valence-corrected chi connectivity index (χ0v) is 17.1. The highest BCUT2D eigenvalue weighted by molar-refractivity contribution is 5.88. The summed E-state index contributed by atoms with van der Waals surface area (Å²) < 4.78 is 5.80. The molecule has 2 aromatic rings. The standard InChI is InChI=1S/C22H27N5O3/c1-26(13-16-6-3-2-4-7-16)21(29)8-5-11-30-18-9-10-19-17(12-18)14-27(15-20(23)28)22(24)25-19/h2-4,6-7,9-10,12H,5,8,11,13-15H2,1H3,(H2,23,28)(H2,24,25). The maximum atomic E-state index is 12.3. The molecular formula is C22H27N5O3. The summed E-state index contributed by atoms with van der Waals surface area (Å²) in [7, 11) is 1.81. The molecule has 158 valence electrons. The van der Waals surface area contributed by atoms with Crippen molar-refractivity contribution < 1.29 is 14.3 Å². The topological polar surface area (TPSA) is 114 Å². The molecule has 0 saturated heterocycles. The van der Waals surface area contributed by atoms with Gasteiger partial charge in [-0.25, -0.2) is 4.99 Å². The minimum atomic E-state index is -0.467. The molecule has 0 bridgehead atoms. The Morgan fingerprint density at radius 2 is 1.97 bits per heavy atom. The number of aliphatic imine (C=N–C) groups is 1. The zero-order chi connectivity index (χ0) is 21.5. The SMILES string of the molecule is CN(Cc1ccccc1)C(=O)CCCOc1ccc2c(c1)CN(CC(N)=O)C(N)=N2. The van der Waals surface area contributed by atoms with E-state index in [0.717, 1.165) is 16.8 Å². The Labute approximate surface area is 176 Å². The zero-order valence-electron chi connectivity index (χ0n) is 17.1. The Morgan fingerprint density at radius 1 is 1.20 bits per heavy atom. The van der Waals surface area contributed by atoms with Gasteiger partial charge in [0, 0.05) is 32.1 Å². The van der Waals surface area contributed by atoms with Crippen LogP contribution in [-0.4, -0.2) is 47.8 Å². The Kier molecular flexibility index (Phi) is 6.90. The summed E-state index contributed by atoms with van der Waals surface area (Å²) in [5.74, 6) is 0.576. The van der Waals surface area contributed by atoms with Gasteiger partial charge in [0.2, 0.25) is 11.8 Å². The molecule has 2 aromatic carbocycles. The Bertz CT molecular complexity index is 930. The predicted octanol–water partition coefficient (Wildman–Crippen LogP) is 1.75. The van der Waals surface area contributed by atoms with Crippen LogP contribution >= 0.6 is 0 Å². The van der Waals surface area contributed by atoms with Crippen molar-refractivity contribution in [1.82, 2.24) is 9.80 Å². The quantitative estimate of drug-likeness (QED) is 0.613. The molecule has 1 heterocycles. The van der Waals surface area contributed by atoms with Gasteiger partial charge in [-0.2, -0.15) is 0 Å². The van der Waals surface area contributed by atoms with E-state index in [-0.39, 0.29) is 18.4 Å². The van der Waals surface area contributed by atoms with E-state index >= 15 is 0 Å². The summed E-state index contributed by atoms with van der Waals surface area (Å²) >= 11 is 0. The number of hydrogen-bond acceptors (Lipinski definition) is 6. The number of carbonyl (C=O) groups is 2. The number of amides is 2. The maximum absolute atomic E-state index is 12.3. The van der Waals surface area contributed by atoms with Gasteiger partial charge >= 0.3 is 0 Å². The lowest BCUT2D eigenvalue weighted by molar-refractivity contribution is -0.130. The third-order valence-corrected chi connectivity index (χ3v) is 4.81. The number of hydrogen-bond donors (Lipinski definition) is 2. The summed E-state index contributed by atoms with van der Waals surface area (Å²) in [4.78, 5) is 31.1. The van der Waals surface area contributed by atoms with Crippen LogP contribution < -0.4 is 16.2 Å². The Balaban J connectivity index is 1.47. The van der Waals surface area contributed by atoms with Crippen molar-refractivity contribution in [3.63, 3.8) is 0 Å². The van der Waals surface area contributed by atoms with Crippen molar-refractivity contribution in [2.45, 2.75) is 25.9 Å². The summed E-state index contributed by atoms with van der Waals surface area (Å²) in [6, 6.07) is 15.4. The minimum absolute atomic E-state index is 0.0124. The smallest absolute Gasteiger partial charge is 0.237 e. The van der Waals surface area contributed by atoms with Crippen LogP contribution in [0.5, 0.6) is 5.75 Å². The van der Waals surface area contributed by atoms with E-state index in [1.807, 2.05) is 55.6 Å². The molecule has 0 radical (unpaired) electrons. The van der Waals surface area contributed by atoms with Gasteiger partial charge < -0.3 is 26.0 Å². The number of fused-ring (bicyclic) bond motifs is 1. The first-order chi connectivity index (χ1) is 14.4. The molecule has 8 nitrogen and oxygen atoms in total. The summed E-state index contributed by atoms with van der Waals surface area (Å²) in [6.45, 7) is 1.48.